The number of benzene rings is 2. The number of anilines is 2. The highest BCUT2D eigenvalue weighted by Crippen LogP contribution is 2.17. The van der Waals surface area contributed by atoms with E-state index in [-0.39, 0.29) is 17.5 Å². The molecule has 2 heterocycles. The first-order chi connectivity index (χ1) is 15.0. The van der Waals surface area contributed by atoms with Crippen molar-refractivity contribution in [3.05, 3.63) is 78.6 Å². The van der Waals surface area contributed by atoms with Crippen LogP contribution in [0.3, 0.4) is 0 Å². The minimum absolute atomic E-state index is 0.226. The fourth-order valence-corrected chi connectivity index (χ4v) is 2.88. The van der Waals surface area contributed by atoms with E-state index in [1.807, 2.05) is 30.3 Å². The number of hydrogen-bond donors (Lipinski definition) is 2. The number of carbonyl (C=O) groups is 2. The molecule has 0 spiro atoms. The van der Waals surface area contributed by atoms with Gasteiger partial charge in [0.1, 0.15) is 18.7 Å². The Labute approximate surface area is 177 Å². The van der Waals surface area contributed by atoms with Crippen molar-refractivity contribution in [1.29, 1.82) is 0 Å². The zero-order valence-corrected chi connectivity index (χ0v) is 16.9. The molecule has 4 rings (SSSR count). The van der Waals surface area contributed by atoms with E-state index in [2.05, 4.69) is 30.9 Å². The number of aromatic nitrogens is 6. The van der Waals surface area contributed by atoms with Gasteiger partial charge in [-0.25, -0.2) is 9.67 Å². The summed E-state index contributed by atoms with van der Waals surface area (Å²) in [6, 6.07) is 15.7. The summed E-state index contributed by atoms with van der Waals surface area (Å²) >= 11 is 0. The van der Waals surface area contributed by atoms with E-state index in [1.165, 1.54) is 22.1 Å². The number of nitrogens with one attached hydrogen (secondary N) is 2. The molecule has 0 saturated heterocycles. The molecule has 0 aliphatic carbocycles. The summed E-state index contributed by atoms with van der Waals surface area (Å²) in [5.74, 6) is -0.591. The van der Waals surface area contributed by atoms with E-state index in [4.69, 9.17) is 0 Å². The van der Waals surface area contributed by atoms with Gasteiger partial charge in [-0.15, -0.1) is 5.10 Å². The molecule has 1 atom stereocenters. The number of rotatable bonds is 6. The minimum atomic E-state index is -0.503. The fourth-order valence-electron chi connectivity index (χ4n) is 2.88. The monoisotopic (exact) mass is 416 g/mol. The van der Waals surface area contributed by atoms with E-state index in [1.54, 1.807) is 38.1 Å². The number of carbonyl (C=O) groups excluding carboxylic acids is 2. The summed E-state index contributed by atoms with van der Waals surface area (Å²) in [6.07, 6.45) is 2.86. The Morgan fingerprint density at radius 1 is 0.935 bits per heavy atom. The van der Waals surface area contributed by atoms with E-state index in [0.29, 0.717) is 17.1 Å². The van der Waals surface area contributed by atoms with Crippen LogP contribution in [-0.4, -0.2) is 41.6 Å². The average molecular weight is 416 g/mol. The Morgan fingerprint density at radius 2 is 1.61 bits per heavy atom. The molecule has 10 heteroatoms. The zero-order valence-electron chi connectivity index (χ0n) is 16.9. The largest absolute Gasteiger partial charge is 0.324 e. The van der Waals surface area contributed by atoms with Gasteiger partial charge >= 0.3 is 0 Å². The van der Waals surface area contributed by atoms with Crippen molar-refractivity contribution in [2.45, 2.75) is 19.9 Å². The van der Waals surface area contributed by atoms with Crippen LogP contribution in [0.15, 0.2) is 67.3 Å². The Hall–Kier alpha value is -4.34. The quantitative estimate of drug-likeness (QED) is 0.499. The SMILES string of the molecule is Cc1nn(-c2ccccc2)nc1C(=O)Nc1ccc(NC(=O)C(C)n2cncn2)cc1. The lowest BCUT2D eigenvalue weighted by atomic mass is 10.2. The van der Waals surface area contributed by atoms with Crippen LogP contribution < -0.4 is 10.6 Å². The molecule has 2 N–H and O–H groups in total. The van der Waals surface area contributed by atoms with Crippen LogP contribution in [0, 0.1) is 6.92 Å². The maximum absolute atomic E-state index is 12.7. The highest BCUT2D eigenvalue weighted by atomic mass is 16.2. The van der Waals surface area contributed by atoms with Crippen LogP contribution in [-0.2, 0) is 4.79 Å². The summed E-state index contributed by atoms with van der Waals surface area (Å²) in [4.78, 5) is 30.3. The first-order valence-corrected chi connectivity index (χ1v) is 9.57. The number of para-hydroxylation sites is 1. The van der Waals surface area contributed by atoms with Crippen LogP contribution in [0.25, 0.3) is 5.69 Å². The van der Waals surface area contributed by atoms with E-state index in [0.717, 1.165) is 5.69 Å². The second kappa shape index (κ2) is 8.57. The summed E-state index contributed by atoms with van der Waals surface area (Å²) in [5.41, 5.74) is 2.70. The van der Waals surface area contributed by atoms with Crippen molar-refractivity contribution in [2.24, 2.45) is 0 Å². The molecule has 0 saturated carbocycles. The van der Waals surface area contributed by atoms with Gasteiger partial charge in [0.2, 0.25) is 5.91 Å². The summed E-state index contributed by atoms with van der Waals surface area (Å²) in [6.45, 7) is 3.46. The standard InChI is InChI=1S/C21H20N8O2/c1-14-19(27-29(26-14)18-6-4-3-5-7-18)21(31)25-17-10-8-16(9-11-17)24-20(30)15(2)28-13-22-12-23-28/h3-13,15H,1-2H3,(H,24,30)(H,25,31). The molecule has 0 fully saturated rings. The smallest absolute Gasteiger partial charge is 0.278 e. The summed E-state index contributed by atoms with van der Waals surface area (Å²) in [5, 5.41) is 18.2. The zero-order chi connectivity index (χ0) is 21.8. The number of aryl methyl sites for hydroxylation is 1. The molecular weight excluding hydrogens is 396 g/mol. The van der Waals surface area contributed by atoms with E-state index >= 15 is 0 Å². The minimum Gasteiger partial charge on any atom is -0.324 e. The molecule has 31 heavy (non-hydrogen) atoms. The molecule has 2 aromatic carbocycles. The first-order valence-electron chi connectivity index (χ1n) is 9.57. The molecule has 0 aliphatic heterocycles. The number of amides is 2. The van der Waals surface area contributed by atoms with Crippen molar-refractivity contribution in [1.82, 2.24) is 29.8 Å². The van der Waals surface area contributed by atoms with Crippen LogP contribution in [0.5, 0.6) is 0 Å². The van der Waals surface area contributed by atoms with Gasteiger partial charge < -0.3 is 10.6 Å². The van der Waals surface area contributed by atoms with Gasteiger partial charge in [-0.1, -0.05) is 18.2 Å². The van der Waals surface area contributed by atoms with Crippen molar-refractivity contribution in [2.75, 3.05) is 10.6 Å². The third-order valence-electron chi connectivity index (χ3n) is 4.61. The van der Waals surface area contributed by atoms with Crippen molar-refractivity contribution in [3.63, 3.8) is 0 Å². The van der Waals surface area contributed by atoms with Gasteiger partial charge in [0.05, 0.1) is 11.4 Å². The highest BCUT2D eigenvalue weighted by molar-refractivity contribution is 6.03. The van der Waals surface area contributed by atoms with Crippen LogP contribution in [0.2, 0.25) is 0 Å². The maximum Gasteiger partial charge on any atom is 0.278 e. The maximum atomic E-state index is 12.7. The molecule has 10 nitrogen and oxygen atoms in total. The molecule has 2 aromatic heterocycles. The number of nitrogens with zero attached hydrogens (tertiary/aromatic N) is 6. The molecule has 0 radical (unpaired) electrons. The topological polar surface area (TPSA) is 120 Å². The molecule has 0 aliphatic rings. The van der Waals surface area contributed by atoms with Crippen molar-refractivity contribution < 1.29 is 9.59 Å². The first kappa shape index (κ1) is 20.0. The van der Waals surface area contributed by atoms with Gasteiger partial charge in [-0.2, -0.15) is 15.0 Å². The third-order valence-corrected chi connectivity index (χ3v) is 4.61. The second-order valence-corrected chi connectivity index (χ2v) is 6.83. The van der Waals surface area contributed by atoms with E-state index < -0.39 is 6.04 Å². The Kier molecular flexibility index (Phi) is 5.52. The average Bonchev–Trinajstić information content (AvgIpc) is 3.45. The van der Waals surface area contributed by atoms with Gasteiger partial charge in [-0.05, 0) is 50.2 Å². The van der Waals surface area contributed by atoms with Gasteiger partial charge in [0, 0.05) is 11.4 Å². The Morgan fingerprint density at radius 3 is 2.26 bits per heavy atom. The second-order valence-electron chi connectivity index (χ2n) is 6.83. The molecule has 0 bridgehead atoms. The predicted molar refractivity (Wildman–Crippen MR) is 114 cm³/mol. The van der Waals surface area contributed by atoms with Gasteiger partial charge in [-0.3, -0.25) is 9.59 Å². The Bertz CT molecular complexity index is 1180. The van der Waals surface area contributed by atoms with Gasteiger partial charge in [0.15, 0.2) is 5.69 Å². The molecule has 1 unspecified atom stereocenters. The molecule has 156 valence electrons. The predicted octanol–water partition coefficient (Wildman–Crippen LogP) is 2.62. The fraction of sp³-hybridized carbons (Fsp3) is 0.143. The van der Waals surface area contributed by atoms with E-state index in [9.17, 15) is 9.59 Å². The van der Waals surface area contributed by atoms with Gasteiger partial charge in [0.25, 0.3) is 5.91 Å². The third kappa shape index (κ3) is 4.47. The number of hydrogen-bond acceptors (Lipinski definition) is 6. The molecular formula is C21H20N8O2. The van der Waals surface area contributed by atoms with Crippen molar-refractivity contribution >= 4 is 23.2 Å². The summed E-state index contributed by atoms with van der Waals surface area (Å²) < 4.78 is 1.47. The highest BCUT2D eigenvalue weighted by Gasteiger charge is 2.17. The normalized spacial score (nSPS) is 11.7. The van der Waals surface area contributed by atoms with Crippen LogP contribution in [0.1, 0.15) is 29.1 Å². The van der Waals surface area contributed by atoms with Crippen molar-refractivity contribution in [3.8, 4) is 5.69 Å². The summed E-state index contributed by atoms with van der Waals surface area (Å²) in [7, 11) is 0. The lowest BCUT2D eigenvalue weighted by molar-refractivity contribution is -0.119. The van der Waals surface area contributed by atoms with Crippen LogP contribution >= 0.6 is 0 Å². The lowest BCUT2D eigenvalue weighted by Gasteiger charge is -2.12. The van der Waals surface area contributed by atoms with Crippen LogP contribution in [0.4, 0.5) is 11.4 Å². The lowest BCUT2D eigenvalue weighted by Crippen LogP contribution is -2.24. The molecule has 4 aromatic rings. The Balaban J connectivity index is 1.40. The molecule has 2 amide bonds.